The zero-order valence-corrected chi connectivity index (χ0v) is 15.8. The second kappa shape index (κ2) is 7.35. The standard InChI is InChI=1S/C18H13BrFN3O2S/c1-2-12-6-3-4-7-13(12)18-14(19)10-11-16(22-18)23-26(24,25)17-9-5-8-15(20)21-17/h2-11H,1H2,(H,22,23). The van der Waals surface area contributed by atoms with E-state index >= 15 is 0 Å². The Kier molecular flexibility index (Phi) is 5.15. The lowest BCUT2D eigenvalue weighted by Crippen LogP contribution is -2.16. The van der Waals surface area contributed by atoms with Gasteiger partial charge in [0.15, 0.2) is 5.03 Å². The molecule has 0 spiro atoms. The van der Waals surface area contributed by atoms with Crippen molar-refractivity contribution in [2.45, 2.75) is 5.03 Å². The topological polar surface area (TPSA) is 72.0 Å². The van der Waals surface area contributed by atoms with Gasteiger partial charge in [0.1, 0.15) is 5.82 Å². The molecule has 0 amide bonds. The maximum atomic E-state index is 13.2. The van der Waals surface area contributed by atoms with Crippen LogP contribution in [0.15, 0.2) is 70.7 Å². The first-order valence-electron chi connectivity index (χ1n) is 7.44. The van der Waals surface area contributed by atoms with Crippen LogP contribution < -0.4 is 4.72 Å². The zero-order chi connectivity index (χ0) is 18.7. The number of hydrogen-bond acceptors (Lipinski definition) is 4. The van der Waals surface area contributed by atoms with Crippen LogP contribution in [-0.2, 0) is 10.0 Å². The average Bonchev–Trinajstić information content (AvgIpc) is 2.63. The van der Waals surface area contributed by atoms with Crippen molar-refractivity contribution in [3.8, 4) is 11.3 Å². The molecule has 0 unspecified atom stereocenters. The normalized spacial score (nSPS) is 11.2. The maximum absolute atomic E-state index is 13.2. The third kappa shape index (κ3) is 3.81. The predicted octanol–water partition coefficient (Wildman–Crippen LogP) is 4.49. The minimum absolute atomic E-state index is 0.0909. The fourth-order valence-corrected chi connectivity index (χ4v) is 3.70. The van der Waals surface area contributed by atoms with Crippen LogP contribution in [0.25, 0.3) is 17.3 Å². The van der Waals surface area contributed by atoms with E-state index in [1.165, 1.54) is 18.2 Å². The van der Waals surface area contributed by atoms with Crippen LogP contribution >= 0.6 is 15.9 Å². The first-order valence-corrected chi connectivity index (χ1v) is 9.72. The molecular formula is C18H13BrFN3O2S. The van der Waals surface area contributed by atoms with Crippen LogP contribution in [0.2, 0.25) is 0 Å². The summed E-state index contributed by atoms with van der Waals surface area (Å²) < 4.78 is 41.0. The number of anilines is 1. The molecule has 0 radical (unpaired) electrons. The van der Waals surface area contributed by atoms with Gasteiger partial charge in [0.05, 0.1) is 5.69 Å². The summed E-state index contributed by atoms with van der Waals surface area (Å²) in [5.41, 5.74) is 2.19. The molecule has 8 heteroatoms. The van der Waals surface area contributed by atoms with Gasteiger partial charge in [-0.2, -0.15) is 12.8 Å². The molecule has 0 bridgehead atoms. The molecule has 3 aromatic rings. The van der Waals surface area contributed by atoms with Crippen LogP contribution in [0.3, 0.4) is 0 Å². The average molecular weight is 434 g/mol. The molecule has 0 atom stereocenters. The van der Waals surface area contributed by atoms with Crippen molar-refractivity contribution in [3.05, 3.63) is 77.2 Å². The predicted molar refractivity (Wildman–Crippen MR) is 102 cm³/mol. The van der Waals surface area contributed by atoms with E-state index in [4.69, 9.17) is 0 Å². The second-order valence-corrected chi connectivity index (χ2v) is 7.71. The Hall–Kier alpha value is -2.58. The third-order valence-electron chi connectivity index (χ3n) is 3.49. The van der Waals surface area contributed by atoms with Crippen molar-refractivity contribution in [3.63, 3.8) is 0 Å². The van der Waals surface area contributed by atoms with Gasteiger partial charge in [-0.1, -0.05) is 43.0 Å². The summed E-state index contributed by atoms with van der Waals surface area (Å²) in [6.45, 7) is 3.78. The highest BCUT2D eigenvalue weighted by molar-refractivity contribution is 9.10. The van der Waals surface area contributed by atoms with Gasteiger partial charge in [0, 0.05) is 10.0 Å². The minimum Gasteiger partial charge on any atom is -0.262 e. The van der Waals surface area contributed by atoms with Gasteiger partial charge < -0.3 is 0 Å². The SMILES string of the molecule is C=Cc1ccccc1-c1nc(NS(=O)(=O)c2cccc(F)n2)ccc1Br. The molecule has 2 heterocycles. The lowest BCUT2D eigenvalue weighted by molar-refractivity contribution is 0.558. The van der Waals surface area contributed by atoms with Gasteiger partial charge >= 0.3 is 0 Å². The van der Waals surface area contributed by atoms with Gasteiger partial charge in [-0.05, 0) is 45.8 Å². The molecule has 0 aliphatic heterocycles. The van der Waals surface area contributed by atoms with Crippen molar-refractivity contribution in [2.24, 2.45) is 0 Å². The Labute approximate surface area is 158 Å². The summed E-state index contributed by atoms with van der Waals surface area (Å²) >= 11 is 3.43. The van der Waals surface area contributed by atoms with Crippen molar-refractivity contribution < 1.29 is 12.8 Å². The van der Waals surface area contributed by atoms with Crippen molar-refractivity contribution in [1.82, 2.24) is 9.97 Å². The van der Waals surface area contributed by atoms with E-state index in [9.17, 15) is 12.8 Å². The lowest BCUT2D eigenvalue weighted by atomic mass is 10.0. The molecule has 0 aliphatic carbocycles. The number of nitrogens with one attached hydrogen (secondary N) is 1. The Bertz CT molecular complexity index is 1090. The number of sulfonamides is 1. The molecule has 1 N–H and O–H groups in total. The number of rotatable bonds is 5. The molecule has 5 nitrogen and oxygen atoms in total. The maximum Gasteiger partial charge on any atom is 0.280 e. The minimum atomic E-state index is -4.06. The molecule has 0 fully saturated rings. The third-order valence-corrected chi connectivity index (χ3v) is 5.38. The fraction of sp³-hybridized carbons (Fsp3) is 0. The molecular weight excluding hydrogens is 421 g/mol. The molecule has 0 saturated carbocycles. The summed E-state index contributed by atoms with van der Waals surface area (Å²) in [7, 11) is -4.06. The first kappa shape index (κ1) is 18.2. The van der Waals surface area contributed by atoms with E-state index in [0.717, 1.165) is 17.2 Å². The van der Waals surface area contributed by atoms with Gasteiger partial charge in [0.25, 0.3) is 10.0 Å². The number of aromatic nitrogens is 2. The Balaban J connectivity index is 2.02. The number of benzene rings is 1. The van der Waals surface area contributed by atoms with E-state index in [-0.39, 0.29) is 5.82 Å². The molecule has 1 aromatic carbocycles. The summed E-state index contributed by atoms with van der Waals surface area (Å²) in [6, 6.07) is 14.2. The van der Waals surface area contributed by atoms with Gasteiger partial charge in [-0.15, -0.1) is 0 Å². The van der Waals surface area contributed by atoms with Crippen LogP contribution in [0, 0.1) is 5.95 Å². The molecule has 0 saturated heterocycles. The fourth-order valence-electron chi connectivity index (χ4n) is 2.31. The summed E-state index contributed by atoms with van der Waals surface area (Å²) in [5.74, 6) is -0.787. The Morgan fingerprint density at radius 2 is 1.81 bits per heavy atom. The van der Waals surface area contributed by atoms with Gasteiger partial charge in [0.2, 0.25) is 5.95 Å². The smallest absolute Gasteiger partial charge is 0.262 e. The zero-order valence-electron chi connectivity index (χ0n) is 13.4. The Morgan fingerprint density at radius 3 is 2.54 bits per heavy atom. The van der Waals surface area contributed by atoms with Crippen molar-refractivity contribution in [1.29, 1.82) is 0 Å². The summed E-state index contributed by atoms with van der Waals surface area (Å²) in [5, 5.41) is -0.421. The molecule has 2 aromatic heterocycles. The second-order valence-electron chi connectivity index (χ2n) is 5.22. The van der Waals surface area contributed by atoms with Crippen molar-refractivity contribution >= 4 is 37.8 Å². The van der Waals surface area contributed by atoms with E-state index in [1.807, 2.05) is 24.3 Å². The summed E-state index contributed by atoms with van der Waals surface area (Å²) in [6.07, 6.45) is 1.69. The molecule has 26 heavy (non-hydrogen) atoms. The quantitative estimate of drug-likeness (QED) is 0.601. The van der Waals surface area contributed by atoms with Crippen LogP contribution in [0.1, 0.15) is 5.56 Å². The monoisotopic (exact) mass is 433 g/mol. The Morgan fingerprint density at radius 1 is 1.04 bits per heavy atom. The highest BCUT2D eigenvalue weighted by Crippen LogP contribution is 2.31. The molecule has 132 valence electrons. The number of halogens is 2. The van der Waals surface area contributed by atoms with Crippen LogP contribution in [-0.4, -0.2) is 18.4 Å². The largest absolute Gasteiger partial charge is 0.280 e. The van der Waals surface area contributed by atoms with Crippen LogP contribution in [0.5, 0.6) is 0 Å². The summed E-state index contributed by atoms with van der Waals surface area (Å²) in [4.78, 5) is 7.78. The van der Waals surface area contributed by atoms with Gasteiger partial charge in [-0.3, -0.25) is 4.72 Å². The van der Waals surface area contributed by atoms with E-state index in [2.05, 4.69) is 37.2 Å². The van der Waals surface area contributed by atoms with Crippen molar-refractivity contribution in [2.75, 3.05) is 4.72 Å². The molecule has 0 aliphatic rings. The highest BCUT2D eigenvalue weighted by Gasteiger charge is 2.18. The van der Waals surface area contributed by atoms with E-state index in [1.54, 1.807) is 12.1 Å². The number of nitrogens with zero attached hydrogens (tertiary/aromatic N) is 2. The van der Waals surface area contributed by atoms with Crippen LogP contribution in [0.4, 0.5) is 10.2 Å². The van der Waals surface area contributed by atoms with E-state index < -0.39 is 21.0 Å². The number of hydrogen-bond donors (Lipinski definition) is 1. The molecule has 3 rings (SSSR count). The lowest BCUT2D eigenvalue weighted by Gasteiger charge is -2.11. The first-order chi connectivity index (χ1) is 12.4. The van der Waals surface area contributed by atoms with Gasteiger partial charge in [-0.25, -0.2) is 9.97 Å². The van der Waals surface area contributed by atoms with E-state index in [0.29, 0.717) is 10.2 Å². The highest BCUT2D eigenvalue weighted by atomic mass is 79.9. The number of pyridine rings is 2.